The highest BCUT2D eigenvalue weighted by Crippen LogP contribution is 2.16. The van der Waals surface area contributed by atoms with E-state index in [9.17, 15) is 13.2 Å². The number of nitrogens with zero attached hydrogens (tertiary/aromatic N) is 2. The maximum Gasteiger partial charge on any atom is 0.329 e. The fourth-order valence-electron chi connectivity index (χ4n) is 1.51. The van der Waals surface area contributed by atoms with Crippen LogP contribution in [-0.4, -0.2) is 29.8 Å². The zero-order valence-electron chi connectivity index (χ0n) is 12.1. The fraction of sp³-hybridized carbons (Fsp3) is 0.636. The Morgan fingerprint density at radius 2 is 2.05 bits per heavy atom. The number of aromatic nitrogens is 2. The van der Waals surface area contributed by atoms with Gasteiger partial charge in [-0.3, -0.25) is 4.68 Å². The van der Waals surface area contributed by atoms with Crippen molar-refractivity contribution in [2.24, 2.45) is 0 Å². The SMILES string of the molecule is CCCn1cc(S(=O)(=O)NC(=O)NC(C)(C)C)c(N)n1. The molecule has 2 amide bonds. The lowest BCUT2D eigenvalue weighted by atomic mass is 10.1. The number of sulfonamides is 1. The Bertz CT molecular complexity index is 586. The van der Waals surface area contributed by atoms with E-state index >= 15 is 0 Å². The van der Waals surface area contributed by atoms with E-state index in [0.717, 1.165) is 6.42 Å². The molecular formula is C11H21N5O3S. The molecule has 20 heavy (non-hydrogen) atoms. The van der Waals surface area contributed by atoms with Crippen molar-refractivity contribution in [2.45, 2.75) is 51.1 Å². The average molecular weight is 303 g/mol. The van der Waals surface area contributed by atoms with Crippen LogP contribution >= 0.6 is 0 Å². The Hall–Kier alpha value is -1.77. The quantitative estimate of drug-likeness (QED) is 0.755. The molecule has 0 aliphatic carbocycles. The summed E-state index contributed by atoms with van der Waals surface area (Å²) in [7, 11) is -4.03. The van der Waals surface area contributed by atoms with Crippen LogP contribution in [0.25, 0.3) is 0 Å². The molecule has 0 unspecified atom stereocenters. The Labute approximate surface area is 118 Å². The van der Waals surface area contributed by atoms with Gasteiger partial charge >= 0.3 is 6.03 Å². The van der Waals surface area contributed by atoms with Gasteiger partial charge in [0, 0.05) is 18.3 Å². The zero-order valence-corrected chi connectivity index (χ0v) is 12.9. The highest BCUT2D eigenvalue weighted by atomic mass is 32.2. The van der Waals surface area contributed by atoms with Gasteiger partial charge in [0.05, 0.1) is 0 Å². The lowest BCUT2D eigenvalue weighted by Gasteiger charge is -2.20. The van der Waals surface area contributed by atoms with Crippen molar-refractivity contribution in [3.63, 3.8) is 0 Å². The van der Waals surface area contributed by atoms with Gasteiger partial charge in [-0.25, -0.2) is 17.9 Å². The van der Waals surface area contributed by atoms with Crippen molar-refractivity contribution in [3.8, 4) is 0 Å². The van der Waals surface area contributed by atoms with Crippen LogP contribution in [0.15, 0.2) is 11.1 Å². The smallest absolute Gasteiger partial charge is 0.329 e. The number of hydrogen-bond donors (Lipinski definition) is 3. The van der Waals surface area contributed by atoms with Crippen LogP contribution < -0.4 is 15.8 Å². The lowest BCUT2D eigenvalue weighted by molar-refractivity contribution is 0.237. The molecule has 0 aromatic carbocycles. The molecule has 0 atom stereocenters. The lowest BCUT2D eigenvalue weighted by Crippen LogP contribution is -2.48. The minimum Gasteiger partial charge on any atom is -0.381 e. The van der Waals surface area contributed by atoms with Crippen LogP contribution in [0.3, 0.4) is 0 Å². The van der Waals surface area contributed by atoms with Crippen molar-refractivity contribution >= 4 is 21.9 Å². The number of nitrogen functional groups attached to an aromatic ring is 1. The molecule has 0 saturated carbocycles. The first-order chi connectivity index (χ1) is 9.05. The van der Waals surface area contributed by atoms with Crippen LogP contribution in [0.2, 0.25) is 0 Å². The van der Waals surface area contributed by atoms with Gasteiger partial charge in [0.1, 0.15) is 4.90 Å². The molecule has 0 fully saturated rings. The first-order valence-electron chi connectivity index (χ1n) is 6.23. The molecule has 1 aromatic heterocycles. The summed E-state index contributed by atoms with van der Waals surface area (Å²) in [6.45, 7) is 7.71. The molecule has 4 N–H and O–H groups in total. The summed E-state index contributed by atoms with van der Waals surface area (Å²) in [5.74, 6) is -0.130. The van der Waals surface area contributed by atoms with E-state index in [-0.39, 0.29) is 10.7 Å². The first kappa shape index (κ1) is 16.3. The zero-order chi connectivity index (χ0) is 15.6. The summed E-state index contributed by atoms with van der Waals surface area (Å²) >= 11 is 0. The standard InChI is InChI=1S/C11H21N5O3S/c1-5-6-16-7-8(9(12)14-16)20(18,19)15-10(17)13-11(2,3)4/h7H,5-6H2,1-4H3,(H2,12,14)(H2,13,15,17). The molecule has 0 spiro atoms. The van der Waals surface area contributed by atoms with Gasteiger partial charge < -0.3 is 11.1 Å². The molecule has 9 heteroatoms. The van der Waals surface area contributed by atoms with E-state index in [1.54, 1.807) is 20.8 Å². The number of hydrogen-bond acceptors (Lipinski definition) is 5. The van der Waals surface area contributed by atoms with E-state index < -0.39 is 21.6 Å². The highest BCUT2D eigenvalue weighted by Gasteiger charge is 2.25. The van der Waals surface area contributed by atoms with E-state index in [0.29, 0.717) is 6.54 Å². The molecule has 0 bridgehead atoms. The predicted molar refractivity (Wildman–Crippen MR) is 75.5 cm³/mol. The van der Waals surface area contributed by atoms with Crippen molar-refractivity contribution in [1.82, 2.24) is 19.8 Å². The predicted octanol–water partition coefficient (Wildman–Crippen LogP) is 0.662. The van der Waals surface area contributed by atoms with E-state index in [1.807, 2.05) is 11.6 Å². The van der Waals surface area contributed by atoms with Crippen molar-refractivity contribution < 1.29 is 13.2 Å². The molecule has 0 aliphatic heterocycles. The summed E-state index contributed by atoms with van der Waals surface area (Å²) in [6, 6.07) is -0.805. The third kappa shape index (κ3) is 4.41. The Morgan fingerprint density at radius 1 is 1.45 bits per heavy atom. The summed E-state index contributed by atoms with van der Waals surface area (Å²) in [4.78, 5) is 11.4. The largest absolute Gasteiger partial charge is 0.381 e. The van der Waals surface area contributed by atoms with Gasteiger partial charge in [-0.1, -0.05) is 6.92 Å². The number of nitrogens with two attached hydrogens (primary N) is 1. The third-order valence-electron chi connectivity index (χ3n) is 2.21. The van der Waals surface area contributed by atoms with E-state index in [1.165, 1.54) is 10.9 Å². The number of aryl methyl sites for hydroxylation is 1. The van der Waals surface area contributed by atoms with Gasteiger partial charge in [0.2, 0.25) is 0 Å². The van der Waals surface area contributed by atoms with Gasteiger partial charge in [-0.05, 0) is 27.2 Å². The first-order valence-corrected chi connectivity index (χ1v) is 7.71. The summed E-state index contributed by atoms with van der Waals surface area (Å²) < 4.78 is 27.5. The molecule has 0 aliphatic rings. The second kappa shape index (κ2) is 5.70. The third-order valence-corrected chi connectivity index (χ3v) is 3.56. The minimum absolute atomic E-state index is 0.130. The normalized spacial score (nSPS) is 12.2. The van der Waals surface area contributed by atoms with Gasteiger partial charge in [0.25, 0.3) is 10.0 Å². The maximum atomic E-state index is 12.1. The van der Waals surface area contributed by atoms with Crippen molar-refractivity contribution in [3.05, 3.63) is 6.20 Å². The number of carbonyl (C=O) groups excluding carboxylic acids is 1. The highest BCUT2D eigenvalue weighted by molar-refractivity contribution is 7.90. The van der Waals surface area contributed by atoms with Crippen LogP contribution in [0.4, 0.5) is 10.6 Å². The molecule has 8 nitrogen and oxygen atoms in total. The number of urea groups is 1. The maximum absolute atomic E-state index is 12.1. The average Bonchev–Trinajstić information content (AvgIpc) is 2.56. The number of rotatable bonds is 4. The van der Waals surface area contributed by atoms with E-state index in [2.05, 4.69) is 10.4 Å². The molecule has 0 radical (unpaired) electrons. The van der Waals surface area contributed by atoms with Crippen molar-refractivity contribution in [1.29, 1.82) is 0 Å². The molecule has 1 heterocycles. The minimum atomic E-state index is -4.03. The monoisotopic (exact) mass is 303 g/mol. The molecule has 114 valence electrons. The number of anilines is 1. The number of nitrogens with one attached hydrogen (secondary N) is 2. The van der Waals surface area contributed by atoms with Crippen LogP contribution in [0.5, 0.6) is 0 Å². The topological polar surface area (TPSA) is 119 Å². The molecule has 1 rings (SSSR count). The summed E-state index contributed by atoms with van der Waals surface area (Å²) in [5.41, 5.74) is 5.03. The van der Waals surface area contributed by atoms with Gasteiger partial charge in [-0.2, -0.15) is 5.10 Å². The van der Waals surface area contributed by atoms with Crippen molar-refractivity contribution in [2.75, 3.05) is 5.73 Å². The van der Waals surface area contributed by atoms with Crippen LogP contribution in [0.1, 0.15) is 34.1 Å². The molecule has 1 aromatic rings. The Kier molecular flexibility index (Phi) is 4.64. The van der Waals surface area contributed by atoms with E-state index in [4.69, 9.17) is 5.73 Å². The molecular weight excluding hydrogens is 282 g/mol. The number of amides is 2. The number of carbonyl (C=O) groups is 1. The molecule has 0 saturated heterocycles. The Morgan fingerprint density at radius 3 is 2.55 bits per heavy atom. The van der Waals surface area contributed by atoms with Gasteiger partial charge in [0.15, 0.2) is 5.82 Å². The Balaban J connectivity index is 2.91. The van der Waals surface area contributed by atoms with Gasteiger partial charge in [-0.15, -0.1) is 0 Å². The van der Waals surface area contributed by atoms with Crippen LogP contribution in [0, 0.1) is 0 Å². The second-order valence-electron chi connectivity index (χ2n) is 5.45. The van der Waals surface area contributed by atoms with Crippen LogP contribution in [-0.2, 0) is 16.6 Å². The summed E-state index contributed by atoms with van der Waals surface area (Å²) in [6.07, 6.45) is 2.10. The summed E-state index contributed by atoms with van der Waals surface area (Å²) in [5, 5.41) is 6.39. The second-order valence-corrected chi connectivity index (χ2v) is 7.10. The fourth-order valence-corrected chi connectivity index (χ4v) is 2.49.